The van der Waals surface area contributed by atoms with Crippen molar-refractivity contribution in [2.45, 2.75) is 13.8 Å². The maximum Gasteiger partial charge on any atom is 0.124 e. The van der Waals surface area contributed by atoms with E-state index >= 15 is 0 Å². The van der Waals surface area contributed by atoms with Gasteiger partial charge in [0.15, 0.2) is 0 Å². The van der Waals surface area contributed by atoms with E-state index < -0.39 is 0 Å². The molecule has 2 heteroatoms. The summed E-state index contributed by atoms with van der Waals surface area (Å²) >= 11 is 0. The van der Waals surface area contributed by atoms with Gasteiger partial charge in [0.25, 0.3) is 0 Å². The predicted octanol–water partition coefficient (Wildman–Crippen LogP) is 2.01. The minimum atomic E-state index is 0.558. The molecule has 11 heavy (non-hydrogen) atoms. The van der Waals surface area contributed by atoms with Crippen molar-refractivity contribution in [3.8, 4) is 0 Å². The Morgan fingerprint density at radius 1 is 1.55 bits per heavy atom. The average Bonchev–Trinajstić information content (AvgIpc) is 1.85. The van der Waals surface area contributed by atoms with E-state index in [-0.39, 0.29) is 0 Å². The van der Waals surface area contributed by atoms with Gasteiger partial charge in [-0.15, -0.1) is 0 Å². The molecule has 0 aliphatic rings. The van der Waals surface area contributed by atoms with Crippen molar-refractivity contribution < 1.29 is 0 Å². The summed E-state index contributed by atoms with van der Waals surface area (Å²) in [7, 11) is 0. The van der Waals surface area contributed by atoms with E-state index in [0.29, 0.717) is 5.82 Å². The summed E-state index contributed by atoms with van der Waals surface area (Å²) in [6.45, 7) is 7.70. The lowest BCUT2D eigenvalue weighted by Gasteiger charge is -2.01. The van der Waals surface area contributed by atoms with Gasteiger partial charge in [0.1, 0.15) is 5.82 Å². The van der Waals surface area contributed by atoms with Gasteiger partial charge in [-0.3, -0.25) is 0 Å². The minimum Gasteiger partial charge on any atom is -0.384 e. The van der Waals surface area contributed by atoms with Crippen molar-refractivity contribution in [1.29, 1.82) is 0 Å². The molecule has 0 amide bonds. The Balaban J connectivity index is 3.19. The van der Waals surface area contributed by atoms with Crippen LogP contribution in [-0.2, 0) is 0 Å². The number of aryl methyl sites for hydroxylation is 1. The molecule has 1 aromatic rings. The fraction of sp³-hybridized carbons (Fsp3) is 0.222. The molecule has 0 spiro atoms. The zero-order valence-electron chi connectivity index (χ0n) is 6.89. The van der Waals surface area contributed by atoms with Crippen molar-refractivity contribution >= 4 is 11.4 Å². The molecule has 1 heterocycles. The van der Waals surface area contributed by atoms with Crippen LogP contribution in [0, 0.1) is 6.92 Å². The molecule has 0 bridgehead atoms. The number of hydrogen-bond donors (Lipinski definition) is 1. The maximum absolute atomic E-state index is 5.54. The second-order valence-electron chi connectivity index (χ2n) is 2.70. The summed E-state index contributed by atoms with van der Waals surface area (Å²) in [5.74, 6) is 0.558. The van der Waals surface area contributed by atoms with Gasteiger partial charge >= 0.3 is 0 Å². The number of allylic oxidation sites excluding steroid dienone is 1. The highest BCUT2D eigenvalue weighted by molar-refractivity contribution is 5.63. The molecule has 0 aliphatic heterocycles. The number of aromatic nitrogens is 1. The van der Waals surface area contributed by atoms with E-state index in [2.05, 4.69) is 11.6 Å². The molecule has 0 fully saturated rings. The molecule has 0 radical (unpaired) electrons. The lowest BCUT2D eigenvalue weighted by Crippen LogP contribution is -1.93. The Bertz CT molecular complexity index is 269. The molecule has 0 aliphatic carbocycles. The summed E-state index contributed by atoms with van der Waals surface area (Å²) in [5, 5.41) is 0. The number of anilines is 1. The van der Waals surface area contributed by atoms with Gasteiger partial charge in [0.2, 0.25) is 0 Å². The van der Waals surface area contributed by atoms with Crippen LogP contribution in [0.1, 0.15) is 18.2 Å². The normalized spacial score (nSPS) is 9.64. The quantitative estimate of drug-likeness (QED) is 0.661. The van der Waals surface area contributed by atoms with Crippen LogP contribution in [0.15, 0.2) is 18.7 Å². The van der Waals surface area contributed by atoms with Crippen LogP contribution in [0.2, 0.25) is 0 Å². The number of pyridine rings is 1. The van der Waals surface area contributed by atoms with Crippen molar-refractivity contribution in [2.24, 2.45) is 0 Å². The number of nitrogen functional groups attached to an aromatic ring is 1. The fourth-order valence-corrected chi connectivity index (χ4v) is 0.941. The van der Waals surface area contributed by atoms with E-state index in [4.69, 9.17) is 5.73 Å². The molecular weight excluding hydrogens is 136 g/mol. The predicted molar refractivity (Wildman–Crippen MR) is 48.1 cm³/mol. The van der Waals surface area contributed by atoms with Crippen LogP contribution in [0.4, 0.5) is 5.82 Å². The van der Waals surface area contributed by atoms with Crippen LogP contribution in [-0.4, -0.2) is 4.98 Å². The van der Waals surface area contributed by atoms with Crippen LogP contribution in [0.25, 0.3) is 5.57 Å². The second kappa shape index (κ2) is 2.74. The van der Waals surface area contributed by atoms with Gasteiger partial charge in [-0.2, -0.15) is 0 Å². The summed E-state index contributed by atoms with van der Waals surface area (Å²) < 4.78 is 0. The van der Waals surface area contributed by atoms with Gasteiger partial charge in [-0.25, -0.2) is 4.98 Å². The molecule has 0 saturated heterocycles. The number of nitrogens with zero attached hydrogens (tertiary/aromatic N) is 1. The highest BCUT2D eigenvalue weighted by Crippen LogP contribution is 2.14. The Hall–Kier alpha value is -1.31. The molecule has 58 valence electrons. The first-order valence-corrected chi connectivity index (χ1v) is 3.49. The topological polar surface area (TPSA) is 38.9 Å². The van der Waals surface area contributed by atoms with E-state index in [1.54, 1.807) is 0 Å². The van der Waals surface area contributed by atoms with Crippen molar-refractivity contribution in [3.05, 3.63) is 30.0 Å². The highest BCUT2D eigenvalue weighted by atomic mass is 14.8. The first-order valence-electron chi connectivity index (χ1n) is 3.49. The number of nitrogens with two attached hydrogens (primary N) is 1. The molecule has 0 aromatic carbocycles. The van der Waals surface area contributed by atoms with E-state index in [0.717, 1.165) is 16.8 Å². The Labute approximate surface area is 66.8 Å². The van der Waals surface area contributed by atoms with Gasteiger partial charge in [0, 0.05) is 5.69 Å². The molecule has 0 saturated carbocycles. The third-order valence-electron chi connectivity index (χ3n) is 1.47. The Morgan fingerprint density at radius 3 is 2.64 bits per heavy atom. The molecular formula is C9H12N2. The molecule has 2 nitrogen and oxygen atoms in total. The van der Waals surface area contributed by atoms with E-state index in [9.17, 15) is 0 Å². The first-order chi connectivity index (χ1) is 5.09. The lowest BCUT2D eigenvalue weighted by atomic mass is 10.1. The number of rotatable bonds is 1. The maximum atomic E-state index is 5.54. The van der Waals surface area contributed by atoms with Crippen LogP contribution in [0.5, 0.6) is 0 Å². The monoisotopic (exact) mass is 148 g/mol. The molecule has 1 rings (SSSR count). The van der Waals surface area contributed by atoms with E-state index in [1.165, 1.54) is 0 Å². The standard InChI is InChI=1S/C9H12N2/c1-6(2)8-4-7(3)11-9(10)5-8/h4-5H,1H2,2-3H3,(H2,10,11). The summed E-state index contributed by atoms with van der Waals surface area (Å²) in [4.78, 5) is 4.05. The Morgan fingerprint density at radius 2 is 2.18 bits per heavy atom. The first kappa shape index (κ1) is 7.79. The molecule has 0 unspecified atom stereocenters. The van der Waals surface area contributed by atoms with Crippen molar-refractivity contribution in [3.63, 3.8) is 0 Å². The third-order valence-corrected chi connectivity index (χ3v) is 1.47. The zero-order valence-corrected chi connectivity index (χ0v) is 6.89. The van der Waals surface area contributed by atoms with Gasteiger partial charge in [-0.1, -0.05) is 12.2 Å². The van der Waals surface area contributed by atoms with Crippen LogP contribution in [0.3, 0.4) is 0 Å². The summed E-state index contributed by atoms with van der Waals surface area (Å²) in [6.07, 6.45) is 0. The minimum absolute atomic E-state index is 0.558. The van der Waals surface area contributed by atoms with Gasteiger partial charge in [-0.05, 0) is 31.5 Å². The summed E-state index contributed by atoms with van der Waals surface area (Å²) in [5.41, 5.74) is 8.56. The largest absolute Gasteiger partial charge is 0.384 e. The second-order valence-corrected chi connectivity index (χ2v) is 2.70. The Kier molecular flexibility index (Phi) is 1.94. The fourth-order valence-electron chi connectivity index (χ4n) is 0.941. The number of hydrogen-bond acceptors (Lipinski definition) is 2. The summed E-state index contributed by atoms with van der Waals surface area (Å²) in [6, 6.07) is 3.80. The molecule has 2 N–H and O–H groups in total. The average molecular weight is 148 g/mol. The van der Waals surface area contributed by atoms with Crippen LogP contribution >= 0.6 is 0 Å². The third kappa shape index (κ3) is 1.80. The zero-order chi connectivity index (χ0) is 8.43. The molecule has 0 atom stereocenters. The van der Waals surface area contributed by atoms with Crippen molar-refractivity contribution in [2.75, 3.05) is 5.73 Å². The lowest BCUT2D eigenvalue weighted by molar-refractivity contribution is 1.20. The highest BCUT2D eigenvalue weighted by Gasteiger charge is 1.96. The smallest absolute Gasteiger partial charge is 0.124 e. The molecule has 1 aromatic heterocycles. The van der Waals surface area contributed by atoms with Crippen molar-refractivity contribution in [1.82, 2.24) is 4.98 Å². The van der Waals surface area contributed by atoms with E-state index in [1.807, 2.05) is 26.0 Å². The SMILES string of the molecule is C=C(C)c1cc(C)nc(N)c1. The van der Waals surface area contributed by atoms with Gasteiger partial charge < -0.3 is 5.73 Å². The van der Waals surface area contributed by atoms with Gasteiger partial charge in [0.05, 0.1) is 0 Å². The van der Waals surface area contributed by atoms with Crippen LogP contribution < -0.4 is 5.73 Å².